The van der Waals surface area contributed by atoms with Gasteiger partial charge in [-0.05, 0) is 37.4 Å². The molecule has 2 heterocycles. The fraction of sp³-hybridized carbons (Fsp3) is 0.235. The standard InChI is InChI=1S/C34H32Cl2F2N6O10/c1-49-29-7-3-5-23(41-29)25(9-11-39)51-27-15-19(35)21(37)13-17(27)31(45)43-53-33(47)34(48)54-44-32(46)18-14-22(38)20(36)16-28(18)52-26(10-12-40)24-6-4-8-30(42-24)50-2/h3-8,13-16,25-26H,9-12,39-40H2,1-2H3,(H,43,45)(H,44,46). The molecule has 2 amide bonds. The summed E-state index contributed by atoms with van der Waals surface area (Å²) in [7, 11) is 2.82. The van der Waals surface area contributed by atoms with Gasteiger partial charge in [-0.2, -0.15) is 11.0 Å². The molecule has 4 aromatic rings. The number of carbonyl (C=O) groups is 4. The number of methoxy groups -OCH3 is 2. The number of halogens is 4. The quantitative estimate of drug-likeness (QED) is 0.104. The molecule has 54 heavy (non-hydrogen) atoms. The van der Waals surface area contributed by atoms with E-state index < -0.39 is 68.8 Å². The van der Waals surface area contributed by atoms with Crippen molar-refractivity contribution < 1.29 is 56.6 Å². The summed E-state index contributed by atoms with van der Waals surface area (Å²) in [6, 6.07) is 13.1. The van der Waals surface area contributed by atoms with Crippen molar-refractivity contribution in [1.29, 1.82) is 0 Å². The predicted molar refractivity (Wildman–Crippen MR) is 186 cm³/mol. The highest BCUT2D eigenvalue weighted by molar-refractivity contribution is 6.31. The molecule has 0 bridgehead atoms. The SMILES string of the molecule is COc1cccc(C(CCN)Oc2cc(Cl)c(F)cc2C(=O)NOC(=O)C(=O)ONC(=O)c2cc(F)c(Cl)cc2OC(CCN)c2cccc(OC)n2)n1. The highest BCUT2D eigenvalue weighted by Gasteiger charge is 2.27. The van der Waals surface area contributed by atoms with Crippen LogP contribution in [0, 0.1) is 11.6 Å². The first-order valence-electron chi connectivity index (χ1n) is 15.6. The van der Waals surface area contributed by atoms with E-state index in [4.69, 9.17) is 53.6 Å². The first-order chi connectivity index (χ1) is 25.9. The summed E-state index contributed by atoms with van der Waals surface area (Å²) in [5.74, 6) is -8.28. The Kier molecular flexibility index (Phi) is 14.6. The third kappa shape index (κ3) is 10.6. The van der Waals surface area contributed by atoms with Gasteiger partial charge in [0.25, 0.3) is 11.8 Å². The van der Waals surface area contributed by atoms with Gasteiger partial charge in [0, 0.05) is 37.1 Å². The number of hydrogen-bond acceptors (Lipinski definition) is 14. The lowest BCUT2D eigenvalue weighted by molar-refractivity contribution is -0.173. The van der Waals surface area contributed by atoms with Gasteiger partial charge in [-0.15, -0.1) is 0 Å². The van der Waals surface area contributed by atoms with E-state index in [2.05, 4.69) is 19.6 Å². The van der Waals surface area contributed by atoms with E-state index in [1.807, 2.05) is 0 Å². The minimum atomic E-state index is -1.84. The van der Waals surface area contributed by atoms with Crippen molar-refractivity contribution in [2.75, 3.05) is 27.3 Å². The number of aromatic nitrogens is 2. The fourth-order valence-electron chi connectivity index (χ4n) is 4.58. The van der Waals surface area contributed by atoms with Crippen LogP contribution in [0.25, 0.3) is 0 Å². The van der Waals surface area contributed by atoms with Crippen LogP contribution in [-0.2, 0) is 19.3 Å². The molecule has 20 heteroatoms. The minimum absolute atomic E-state index is 0.118. The topological polar surface area (TPSA) is 226 Å². The summed E-state index contributed by atoms with van der Waals surface area (Å²) < 4.78 is 51.1. The third-order valence-corrected chi connectivity index (χ3v) is 7.72. The second kappa shape index (κ2) is 19.3. The zero-order chi connectivity index (χ0) is 39.4. The largest absolute Gasteiger partial charge is 0.483 e. The minimum Gasteiger partial charge on any atom is -0.483 e. The molecule has 2 unspecified atom stereocenters. The number of nitrogens with one attached hydrogen (secondary N) is 2. The molecule has 6 N–H and O–H groups in total. The molecule has 0 aliphatic carbocycles. The molecule has 16 nitrogen and oxygen atoms in total. The lowest BCUT2D eigenvalue weighted by atomic mass is 10.1. The molecule has 0 radical (unpaired) electrons. The van der Waals surface area contributed by atoms with Crippen LogP contribution in [0.2, 0.25) is 10.0 Å². The normalized spacial score (nSPS) is 11.8. The Balaban J connectivity index is 1.43. The number of nitrogens with two attached hydrogens (primary N) is 2. The van der Waals surface area contributed by atoms with Gasteiger partial charge in [0.15, 0.2) is 0 Å². The molecular weight excluding hydrogens is 761 g/mol. The molecule has 286 valence electrons. The Hall–Kier alpha value is -5.82. The average Bonchev–Trinajstić information content (AvgIpc) is 3.17. The average molecular weight is 794 g/mol. The maximum atomic E-state index is 14.5. The molecule has 2 aromatic carbocycles. The lowest BCUT2D eigenvalue weighted by Crippen LogP contribution is -2.36. The number of ether oxygens (including phenoxy) is 4. The number of benzene rings is 2. The molecular formula is C34H32Cl2F2N6O10. The fourth-order valence-corrected chi connectivity index (χ4v) is 4.88. The van der Waals surface area contributed by atoms with Crippen LogP contribution in [-0.4, -0.2) is 61.0 Å². The van der Waals surface area contributed by atoms with Crippen molar-refractivity contribution in [1.82, 2.24) is 20.9 Å². The van der Waals surface area contributed by atoms with Gasteiger partial charge in [-0.1, -0.05) is 35.3 Å². The van der Waals surface area contributed by atoms with Crippen molar-refractivity contribution in [3.8, 4) is 23.3 Å². The number of hydroxylamine groups is 2. The van der Waals surface area contributed by atoms with Crippen LogP contribution in [0.1, 0.15) is 57.2 Å². The zero-order valence-electron chi connectivity index (χ0n) is 28.4. The predicted octanol–water partition coefficient (Wildman–Crippen LogP) is 4.09. The van der Waals surface area contributed by atoms with E-state index in [-0.39, 0.29) is 49.2 Å². The van der Waals surface area contributed by atoms with E-state index in [1.54, 1.807) is 47.4 Å². The molecule has 0 saturated heterocycles. The Morgan fingerprint density at radius 1 is 0.685 bits per heavy atom. The maximum absolute atomic E-state index is 14.5. The van der Waals surface area contributed by atoms with Crippen molar-refractivity contribution in [2.24, 2.45) is 11.5 Å². The second-order valence-corrected chi connectivity index (χ2v) is 11.6. The van der Waals surface area contributed by atoms with Gasteiger partial charge < -0.3 is 40.1 Å². The van der Waals surface area contributed by atoms with Crippen LogP contribution >= 0.6 is 23.2 Å². The molecule has 0 aliphatic rings. The Morgan fingerprint density at radius 3 is 1.43 bits per heavy atom. The summed E-state index contributed by atoms with van der Waals surface area (Å²) in [5, 5.41) is -0.826. The first-order valence-corrected chi connectivity index (χ1v) is 16.4. The van der Waals surface area contributed by atoms with E-state index in [1.165, 1.54) is 14.2 Å². The molecule has 2 atom stereocenters. The van der Waals surface area contributed by atoms with Crippen LogP contribution in [0.15, 0.2) is 60.7 Å². The monoisotopic (exact) mass is 792 g/mol. The van der Waals surface area contributed by atoms with Crippen LogP contribution in [0.5, 0.6) is 23.3 Å². The second-order valence-electron chi connectivity index (χ2n) is 10.7. The van der Waals surface area contributed by atoms with E-state index in [9.17, 15) is 28.0 Å². The van der Waals surface area contributed by atoms with E-state index in [0.717, 1.165) is 12.1 Å². The zero-order valence-corrected chi connectivity index (χ0v) is 29.9. The Morgan fingerprint density at radius 2 is 1.07 bits per heavy atom. The number of hydrogen-bond donors (Lipinski definition) is 4. The highest BCUT2D eigenvalue weighted by atomic mass is 35.5. The molecule has 0 aliphatic heterocycles. The maximum Gasteiger partial charge on any atom is 0.443 e. The number of nitrogens with zero attached hydrogens (tertiary/aromatic N) is 2. The smallest absolute Gasteiger partial charge is 0.443 e. The Labute approximate surface area is 315 Å². The molecule has 0 fully saturated rings. The molecule has 0 saturated carbocycles. The van der Waals surface area contributed by atoms with Gasteiger partial charge in [0.05, 0.1) is 46.8 Å². The Bertz CT molecular complexity index is 1870. The third-order valence-electron chi connectivity index (χ3n) is 7.14. The van der Waals surface area contributed by atoms with Gasteiger partial charge in [0.2, 0.25) is 11.8 Å². The van der Waals surface area contributed by atoms with Crippen molar-refractivity contribution >= 4 is 47.0 Å². The first kappa shape index (κ1) is 40.9. The van der Waals surface area contributed by atoms with Crippen LogP contribution < -0.4 is 41.4 Å². The number of carbonyl (C=O) groups excluding carboxylic acids is 4. The van der Waals surface area contributed by atoms with E-state index in [0.29, 0.717) is 23.5 Å². The summed E-state index contributed by atoms with van der Waals surface area (Å²) in [6.45, 7) is 0.236. The molecule has 4 rings (SSSR count). The van der Waals surface area contributed by atoms with Gasteiger partial charge in [-0.25, -0.2) is 28.3 Å². The summed E-state index contributed by atoms with van der Waals surface area (Å²) in [5.41, 5.74) is 14.5. The van der Waals surface area contributed by atoms with Crippen molar-refractivity contribution in [3.05, 3.63) is 105 Å². The summed E-state index contributed by atoms with van der Waals surface area (Å²) in [4.78, 5) is 68.4. The lowest BCUT2D eigenvalue weighted by Gasteiger charge is -2.21. The number of pyridine rings is 2. The van der Waals surface area contributed by atoms with Crippen LogP contribution in [0.3, 0.4) is 0 Å². The van der Waals surface area contributed by atoms with Gasteiger partial charge >= 0.3 is 11.9 Å². The van der Waals surface area contributed by atoms with Gasteiger partial charge in [-0.3, -0.25) is 9.59 Å². The highest BCUT2D eigenvalue weighted by Crippen LogP contribution is 2.33. The van der Waals surface area contributed by atoms with Crippen molar-refractivity contribution in [3.63, 3.8) is 0 Å². The summed E-state index contributed by atoms with van der Waals surface area (Å²) in [6.07, 6.45) is -1.37. The van der Waals surface area contributed by atoms with Gasteiger partial charge in [0.1, 0.15) is 35.3 Å². The molecule has 2 aromatic heterocycles. The van der Waals surface area contributed by atoms with E-state index >= 15 is 0 Å². The number of rotatable bonds is 14. The summed E-state index contributed by atoms with van der Waals surface area (Å²) >= 11 is 11.9. The van der Waals surface area contributed by atoms with Crippen LogP contribution in [0.4, 0.5) is 8.78 Å². The number of amides is 2. The molecule has 0 spiro atoms. The van der Waals surface area contributed by atoms with Crippen molar-refractivity contribution in [2.45, 2.75) is 25.0 Å².